The number of hydrogen-bond acceptors (Lipinski definition) is 3. The molecule has 2 atom stereocenters. The first-order valence-electron chi connectivity index (χ1n) is 8.27. The molecule has 4 N–H and O–H groups in total. The minimum atomic E-state index is 0.286. The summed E-state index contributed by atoms with van der Waals surface area (Å²) in [6, 6.07) is 12.5. The summed E-state index contributed by atoms with van der Waals surface area (Å²) in [7, 11) is 1.98. The summed E-state index contributed by atoms with van der Waals surface area (Å²) in [6.07, 6.45) is 4.84. The summed E-state index contributed by atoms with van der Waals surface area (Å²) in [5, 5.41) is 12.1. The maximum absolute atomic E-state index is 7.53. The van der Waals surface area contributed by atoms with Gasteiger partial charge in [-0.2, -0.15) is 0 Å². The van der Waals surface area contributed by atoms with Crippen molar-refractivity contribution in [3.63, 3.8) is 0 Å². The van der Waals surface area contributed by atoms with Gasteiger partial charge >= 0.3 is 0 Å². The van der Waals surface area contributed by atoms with E-state index in [1.165, 1.54) is 29.1 Å². The van der Waals surface area contributed by atoms with Gasteiger partial charge < -0.3 is 16.5 Å². The first-order valence-corrected chi connectivity index (χ1v) is 9.03. The summed E-state index contributed by atoms with van der Waals surface area (Å²) in [5.74, 6) is 0.286. The Morgan fingerprint density at radius 2 is 1.92 bits per heavy atom. The molecule has 0 saturated carbocycles. The average molecular weight is 374 g/mol. The molecule has 0 aliphatic heterocycles. The van der Waals surface area contributed by atoms with Crippen LogP contribution < -0.4 is 11.1 Å². The van der Waals surface area contributed by atoms with Crippen molar-refractivity contribution >= 4 is 35.0 Å². The van der Waals surface area contributed by atoms with E-state index in [1.807, 2.05) is 25.2 Å². The molecule has 0 radical (unpaired) electrons. The van der Waals surface area contributed by atoms with Gasteiger partial charge in [0.15, 0.2) is 0 Å². The number of hydrogen-bond donors (Lipinski definition) is 3. The molecule has 0 saturated heterocycles. The van der Waals surface area contributed by atoms with Crippen LogP contribution in [0.25, 0.3) is 5.57 Å². The summed E-state index contributed by atoms with van der Waals surface area (Å²) in [6.45, 7) is 0. The van der Waals surface area contributed by atoms with E-state index in [2.05, 4.69) is 23.5 Å². The molecule has 0 aromatic heterocycles. The van der Waals surface area contributed by atoms with Crippen LogP contribution in [0.4, 0.5) is 0 Å². The fourth-order valence-electron chi connectivity index (χ4n) is 3.62. The second-order valence-corrected chi connectivity index (χ2v) is 7.07. The molecule has 2 aromatic rings. The molecule has 0 spiro atoms. The lowest BCUT2D eigenvalue weighted by atomic mass is 9.76. The van der Waals surface area contributed by atoms with Gasteiger partial charge in [-0.05, 0) is 60.3 Å². The van der Waals surface area contributed by atoms with Crippen LogP contribution in [0.15, 0.2) is 42.6 Å². The molecule has 3 nitrogen and oxygen atoms in total. The maximum atomic E-state index is 7.53. The van der Waals surface area contributed by atoms with Crippen molar-refractivity contribution in [3.8, 4) is 0 Å². The molecule has 130 valence electrons. The first kappa shape index (κ1) is 18.0. The van der Waals surface area contributed by atoms with Crippen molar-refractivity contribution in [1.29, 1.82) is 5.41 Å². The normalized spacial score (nSPS) is 20.2. The predicted octanol–water partition coefficient (Wildman–Crippen LogP) is 5.13. The zero-order valence-electron chi connectivity index (χ0n) is 14.0. The van der Waals surface area contributed by atoms with Gasteiger partial charge in [-0.25, -0.2) is 0 Å². The molecule has 0 heterocycles. The van der Waals surface area contributed by atoms with Crippen molar-refractivity contribution in [3.05, 3.63) is 74.9 Å². The molecule has 1 unspecified atom stereocenters. The molecule has 25 heavy (non-hydrogen) atoms. The van der Waals surface area contributed by atoms with Crippen LogP contribution in [0.1, 0.15) is 47.1 Å². The van der Waals surface area contributed by atoms with Crippen LogP contribution in [-0.4, -0.2) is 13.3 Å². The summed E-state index contributed by atoms with van der Waals surface area (Å²) < 4.78 is 0. The van der Waals surface area contributed by atoms with E-state index < -0.39 is 0 Å². The van der Waals surface area contributed by atoms with Gasteiger partial charge in [0.25, 0.3) is 0 Å². The van der Waals surface area contributed by atoms with E-state index in [0.717, 1.165) is 18.4 Å². The standard InChI is InChI=1S/C20H21Cl2N3/c1-25-20-7-5-15(13-3-6-18(21)19(22)9-13)16-4-2-12(8-17(16)20)14(10-23)11-24/h2-4,6,8-11,15,20,23,25H,5,7,24H2,1H3/b14-11+,23-10?/t15-,20?/m0/s1. The predicted molar refractivity (Wildman–Crippen MR) is 107 cm³/mol. The highest BCUT2D eigenvalue weighted by Gasteiger charge is 2.28. The second-order valence-electron chi connectivity index (χ2n) is 6.25. The molecule has 5 heteroatoms. The minimum absolute atomic E-state index is 0.286. The molecule has 0 fully saturated rings. The van der Waals surface area contributed by atoms with E-state index in [9.17, 15) is 0 Å². The third-order valence-electron chi connectivity index (χ3n) is 4.94. The van der Waals surface area contributed by atoms with E-state index in [4.69, 9.17) is 34.3 Å². The summed E-state index contributed by atoms with van der Waals surface area (Å²) >= 11 is 12.3. The van der Waals surface area contributed by atoms with Gasteiger partial charge in [0, 0.05) is 29.9 Å². The monoisotopic (exact) mass is 373 g/mol. The van der Waals surface area contributed by atoms with E-state index in [-0.39, 0.29) is 5.92 Å². The van der Waals surface area contributed by atoms with E-state index in [1.54, 1.807) is 0 Å². The van der Waals surface area contributed by atoms with Crippen molar-refractivity contribution in [1.82, 2.24) is 5.32 Å². The van der Waals surface area contributed by atoms with E-state index in [0.29, 0.717) is 21.7 Å². The zero-order chi connectivity index (χ0) is 18.0. The number of benzene rings is 2. The van der Waals surface area contributed by atoms with Crippen molar-refractivity contribution < 1.29 is 0 Å². The Kier molecular flexibility index (Phi) is 5.48. The molecule has 0 amide bonds. The topological polar surface area (TPSA) is 61.9 Å². The molecule has 1 aliphatic carbocycles. The third kappa shape index (κ3) is 3.45. The molecular weight excluding hydrogens is 353 g/mol. The summed E-state index contributed by atoms with van der Waals surface area (Å²) in [4.78, 5) is 0. The first-order chi connectivity index (χ1) is 12.1. The van der Waals surface area contributed by atoms with Gasteiger partial charge in [0.2, 0.25) is 0 Å². The lowest BCUT2D eigenvalue weighted by Crippen LogP contribution is -2.24. The smallest absolute Gasteiger partial charge is 0.0595 e. The summed E-state index contributed by atoms with van der Waals surface area (Å²) in [5.41, 5.74) is 11.1. The number of allylic oxidation sites excluding steroid dienone is 1. The Bertz CT molecular complexity index is 830. The van der Waals surface area contributed by atoms with Gasteiger partial charge in [-0.15, -0.1) is 0 Å². The van der Waals surface area contributed by atoms with Crippen LogP contribution >= 0.6 is 23.2 Å². The minimum Gasteiger partial charge on any atom is -0.404 e. The highest BCUT2D eigenvalue weighted by Crippen LogP contribution is 2.43. The Hall–Kier alpha value is -1.81. The Morgan fingerprint density at radius 1 is 1.12 bits per heavy atom. The molecule has 2 aromatic carbocycles. The van der Waals surface area contributed by atoms with Gasteiger partial charge in [0.1, 0.15) is 0 Å². The number of nitrogens with two attached hydrogens (primary N) is 1. The Balaban J connectivity index is 2.09. The highest BCUT2D eigenvalue weighted by molar-refractivity contribution is 6.42. The van der Waals surface area contributed by atoms with Crippen LogP contribution in [-0.2, 0) is 0 Å². The number of fused-ring (bicyclic) bond motifs is 1. The number of rotatable bonds is 4. The van der Waals surface area contributed by atoms with Crippen molar-refractivity contribution in [2.24, 2.45) is 5.73 Å². The highest BCUT2D eigenvalue weighted by atomic mass is 35.5. The maximum Gasteiger partial charge on any atom is 0.0595 e. The van der Waals surface area contributed by atoms with Crippen LogP contribution in [0, 0.1) is 5.41 Å². The molecule has 0 bridgehead atoms. The SMILES string of the molecule is CNC1CC[C@@H](c2ccc(Cl)c(Cl)c2)c2ccc(/C(C=N)=C/N)cc21. The van der Waals surface area contributed by atoms with Gasteiger partial charge in [-0.3, -0.25) is 0 Å². The Morgan fingerprint density at radius 3 is 2.56 bits per heavy atom. The third-order valence-corrected chi connectivity index (χ3v) is 5.68. The quantitative estimate of drug-likeness (QED) is 0.650. The van der Waals surface area contributed by atoms with Crippen molar-refractivity contribution in [2.75, 3.05) is 7.05 Å². The van der Waals surface area contributed by atoms with Crippen LogP contribution in [0.5, 0.6) is 0 Å². The fourth-order valence-corrected chi connectivity index (χ4v) is 3.93. The fraction of sp³-hybridized carbons (Fsp3) is 0.250. The Labute approximate surface area is 158 Å². The lowest BCUT2D eigenvalue weighted by molar-refractivity contribution is 0.470. The number of halogens is 2. The van der Waals surface area contributed by atoms with E-state index >= 15 is 0 Å². The molecule has 3 rings (SSSR count). The lowest BCUT2D eigenvalue weighted by Gasteiger charge is -2.32. The molecule has 1 aliphatic rings. The second kappa shape index (κ2) is 7.61. The average Bonchev–Trinajstić information content (AvgIpc) is 2.64. The largest absolute Gasteiger partial charge is 0.404 e. The van der Waals surface area contributed by atoms with Crippen molar-refractivity contribution in [2.45, 2.75) is 24.8 Å². The van der Waals surface area contributed by atoms with Crippen LogP contribution in [0.3, 0.4) is 0 Å². The van der Waals surface area contributed by atoms with Crippen LogP contribution in [0.2, 0.25) is 10.0 Å². The van der Waals surface area contributed by atoms with Gasteiger partial charge in [-0.1, -0.05) is 41.4 Å². The number of nitrogens with one attached hydrogen (secondary N) is 2. The van der Waals surface area contributed by atoms with Gasteiger partial charge in [0.05, 0.1) is 10.0 Å². The zero-order valence-corrected chi connectivity index (χ0v) is 15.5. The molecular formula is C20H21Cl2N3.